The fourth-order valence-corrected chi connectivity index (χ4v) is 1.83. The van der Waals surface area contributed by atoms with E-state index in [1.807, 2.05) is 11.4 Å². The first-order valence-corrected chi connectivity index (χ1v) is 5.30. The summed E-state index contributed by atoms with van der Waals surface area (Å²) in [5.41, 5.74) is 1.72. The maximum atomic E-state index is 12.9. The van der Waals surface area contributed by atoms with Crippen LogP contribution in [0.25, 0.3) is 11.3 Å². The van der Waals surface area contributed by atoms with Gasteiger partial charge in [0.05, 0.1) is 5.69 Å². The van der Waals surface area contributed by atoms with Gasteiger partial charge in [-0.15, -0.1) is 0 Å². The van der Waals surface area contributed by atoms with Gasteiger partial charge in [0.25, 0.3) is 5.92 Å². The van der Waals surface area contributed by atoms with E-state index < -0.39 is 5.92 Å². The Balaban J connectivity index is 2.33. The van der Waals surface area contributed by atoms with E-state index in [4.69, 9.17) is 0 Å². The van der Waals surface area contributed by atoms with Crippen LogP contribution in [0.4, 0.5) is 8.78 Å². The smallest absolute Gasteiger partial charge is 0.202 e. The number of alkyl halides is 2. The molecule has 0 spiro atoms. The van der Waals surface area contributed by atoms with E-state index in [-0.39, 0.29) is 5.56 Å². The van der Waals surface area contributed by atoms with Gasteiger partial charge in [-0.2, -0.15) is 4.37 Å². The molecule has 0 fully saturated rings. The predicted molar refractivity (Wildman–Crippen MR) is 57.1 cm³/mol. The van der Waals surface area contributed by atoms with E-state index in [1.54, 1.807) is 12.1 Å². The molecule has 4 heteroatoms. The Morgan fingerprint density at radius 1 is 1.13 bits per heavy atom. The number of aromatic nitrogens is 1. The lowest BCUT2D eigenvalue weighted by Gasteiger charge is -2.10. The highest BCUT2D eigenvalue weighted by Crippen LogP contribution is 2.28. The highest BCUT2D eigenvalue weighted by Gasteiger charge is 2.23. The summed E-state index contributed by atoms with van der Waals surface area (Å²) in [5.74, 6) is -2.78. The summed E-state index contributed by atoms with van der Waals surface area (Å²) < 4.78 is 30.0. The average Bonchev–Trinajstić information content (AvgIpc) is 2.69. The molecule has 0 aliphatic carbocycles. The predicted octanol–water partition coefficient (Wildman–Crippen LogP) is 3.92. The Bertz CT molecular complexity index is 429. The minimum absolute atomic E-state index is 0.0291. The third kappa shape index (κ3) is 2.21. The lowest BCUT2D eigenvalue weighted by molar-refractivity contribution is 0.0175. The fourth-order valence-electron chi connectivity index (χ4n) is 1.30. The van der Waals surface area contributed by atoms with Crippen LogP contribution in [-0.2, 0) is 5.92 Å². The largest absolute Gasteiger partial charge is 0.270 e. The zero-order chi connectivity index (χ0) is 10.9. The van der Waals surface area contributed by atoms with Gasteiger partial charge in [-0.1, -0.05) is 24.3 Å². The first-order valence-electron chi connectivity index (χ1n) is 4.46. The molecule has 0 atom stereocenters. The molecule has 2 aromatic rings. The van der Waals surface area contributed by atoms with Gasteiger partial charge >= 0.3 is 0 Å². The molecule has 0 aliphatic rings. The molecule has 0 N–H and O–H groups in total. The van der Waals surface area contributed by atoms with Gasteiger partial charge < -0.3 is 0 Å². The van der Waals surface area contributed by atoms with Gasteiger partial charge in [0.1, 0.15) is 0 Å². The van der Waals surface area contributed by atoms with Crippen molar-refractivity contribution in [2.24, 2.45) is 0 Å². The highest BCUT2D eigenvalue weighted by atomic mass is 32.1. The van der Waals surface area contributed by atoms with Gasteiger partial charge in [0, 0.05) is 23.4 Å². The van der Waals surface area contributed by atoms with Crippen molar-refractivity contribution in [3.8, 4) is 11.3 Å². The van der Waals surface area contributed by atoms with E-state index in [0.717, 1.165) is 18.2 Å². The summed E-state index contributed by atoms with van der Waals surface area (Å²) in [6.45, 7) is 0.894. The molecule has 15 heavy (non-hydrogen) atoms. The lowest BCUT2D eigenvalue weighted by Crippen LogP contribution is -2.06. The van der Waals surface area contributed by atoms with Gasteiger partial charge in [0.2, 0.25) is 0 Å². The maximum absolute atomic E-state index is 12.9. The number of benzene rings is 1. The number of hydrogen-bond donors (Lipinski definition) is 0. The van der Waals surface area contributed by atoms with E-state index in [0.29, 0.717) is 0 Å². The lowest BCUT2D eigenvalue weighted by atomic mass is 10.1. The topological polar surface area (TPSA) is 12.9 Å². The third-order valence-corrected chi connectivity index (χ3v) is 2.69. The second-order valence-corrected chi connectivity index (χ2v) is 4.02. The third-order valence-electron chi connectivity index (χ3n) is 2.13. The number of halogens is 2. The molecule has 1 aromatic carbocycles. The molecule has 0 unspecified atom stereocenters. The summed E-state index contributed by atoms with van der Waals surface area (Å²) >= 11 is 1.35. The molecule has 1 aromatic heterocycles. The standard InChI is InChI=1S/C11H9F2NS/c1-11(12,13)9-4-2-8(3-5-9)10-6-7-15-14-10/h2-7H,1H3. The fraction of sp³-hybridized carbons (Fsp3) is 0.182. The molecule has 0 saturated heterocycles. The van der Waals surface area contributed by atoms with E-state index in [9.17, 15) is 8.78 Å². The Hall–Kier alpha value is -1.29. The zero-order valence-electron chi connectivity index (χ0n) is 8.08. The van der Waals surface area contributed by atoms with Crippen LogP contribution in [0.3, 0.4) is 0 Å². The molecule has 0 aliphatic heterocycles. The normalized spacial score (nSPS) is 11.7. The van der Waals surface area contributed by atoms with Crippen molar-refractivity contribution in [2.45, 2.75) is 12.8 Å². The molecule has 0 saturated carbocycles. The van der Waals surface area contributed by atoms with Crippen LogP contribution in [0.5, 0.6) is 0 Å². The Morgan fingerprint density at radius 2 is 1.80 bits per heavy atom. The maximum Gasteiger partial charge on any atom is 0.270 e. The zero-order valence-corrected chi connectivity index (χ0v) is 8.89. The first kappa shape index (κ1) is 10.2. The van der Waals surface area contributed by atoms with Gasteiger partial charge in [-0.25, -0.2) is 8.78 Å². The molecule has 1 nitrogen and oxygen atoms in total. The minimum Gasteiger partial charge on any atom is -0.202 e. The highest BCUT2D eigenvalue weighted by molar-refractivity contribution is 7.03. The van der Waals surface area contributed by atoms with Gasteiger partial charge in [-0.05, 0) is 17.6 Å². The summed E-state index contributed by atoms with van der Waals surface area (Å²) in [4.78, 5) is 0. The van der Waals surface area contributed by atoms with Crippen LogP contribution in [-0.4, -0.2) is 4.37 Å². The van der Waals surface area contributed by atoms with Gasteiger partial charge in [0.15, 0.2) is 0 Å². The van der Waals surface area contributed by atoms with Gasteiger partial charge in [-0.3, -0.25) is 0 Å². The molecular weight excluding hydrogens is 216 g/mol. The monoisotopic (exact) mass is 225 g/mol. The van der Waals surface area contributed by atoms with Crippen molar-refractivity contribution in [1.82, 2.24) is 4.37 Å². The Kier molecular flexibility index (Phi) is 2.52. The average molecular weight is 225 g/mol. The van der Waals surface area contributed by atoms with Crippen molar-refractivity contribution in [1.29, 1.82) is 0 Å². The van der Waals surface area contributed by atoms with Crippen LogP contribution < -0.4 is 0 Å². The Labute approximate surface area is 90.6 Å². The van der Waals surface area contributed by atoms with E-state index in [2.05, 4.69) is 4.37 Å². The van der Waals surface area contributed by atoms with E-state index in [1.165, 1.54) is 23.7 Å². The minimum atomic E-state index is -2.78. The quantitative estimate of drug-likeness (QED) is 0.754. The van der Waals surface area contributed by atoms with Crippen molar-refractivity contribution in [3.05, 3.63) is 41.3 Å². The summed E-state index contributed by atoms with van der Waals surface area (Å²) in [7, 11) is 0. The van der Waals surface area contributed by atoms with Crippen LogP contribution in [0.1, 0.15) is 12.5 Å². The number of hydrogen-bond acceptors (Lipinski definition) is 2. The van der Waals surface area contributed by atoms with Crippen LogP contribution in [0.15, 0.2) is 35.7 Å². The second kappa shape index (κ2) is 3.70. The number of nitrogens with zero attached hydrogens (tertiary/aromatic N) is 1. The SMILES string of the molecule is CC(F)(F)c1ccc(-c2ccsn2)cc1. The molecule has 0 bridgehead atoms. The molecule has 2 rings (SSSR count). The van der Waals surface area contributed by atoms with Crippen LogP contribution in [0.2, 0.25) is 0 Å². The Morgan fingerprint density at radius 3 is 2.27 bits per heavy atom. The van der Waals surface area contributed by atoms with Crippen molar-refractivity contribution in [2.75, 3.05) is 0 Å². The van der Waals surface area contributed by atoms with Crippen molar-refractivity contribution < 1.29 is 8.78 Å². The molecule has 0 radical (unpaired) electrons. The van der Waals surface area contributed by atoms with Crippen LogP contribution in [0, 0.1) is 0 Å². The van der Waals surface area contributed by atoms with Crippen LogP contribution >= 0.6 is 11.5 Å². The van der Waals surface area contributed by atoms with Crippen molar-refractivity contribution in [3.63, 3.8) is 0 Å². The summed E-state index contributed by atoms with van der Waals surface area (Å²) in [6.07, 6.45) is 0. The number of rotatable bonds is 2. The molecular formula is C11H9F2NS. The van der Waals surface area contributed by atoms with E-state index >= 15 is 0 Å². The molecule has 78 valence electrons. The summed E-state index contributed by atoms with van der Waals surface area (Å²) in [6, 6.07) is 8.08. The first-order chi connectivity index (χ1) is 7.07. The summed E-state index contributed by atoms with van der Waals surface area (Å²) in [5, 5.41) is 1.86. The second-order valence-electron chi connectivity index (χ2n) is 3.35. The molecule has 1 heterocycles. The van der Waals surface area contributed by atoms with Crippen molar-refractivity contribution >= 4 is 11.5 Å². The molecule has 0 amide bonds.